The van der Waals surface area contributed by atoms with Gasteiger partial charge in [-0.3, -0.25) is 9.59 Å². The Bertz CT molecular complexity index is 1120. The molecule has 9 nitrogen and oxygen atoms in total. The van der Waals surface area contributed by atoms with Crippen molar-refractivity contribution in [1.29, 1.82) is 0 Å². The molecule has 1 aliphatic rings. The van der Waals surface area contributed by atoms with Gasteiger partial charge in [0.15, 0.2) is 5.69 Å². The summed E-state index contributed by atoms with van der Waals surface area (Å²) in [6, 6.07) is 8.71. The van der Waals surface area contributed by atoms with Crippen LogP contribution in [0, 0.1) is 5.41 Å². The highest BCUT2D eigenvalue weighted by atomic mass is 32.2. The third-order valence-electron chi connectivity index (χ3n) is 5.84. The molecule has 2 heterocycles. The molecule has 33 heavy (non-hydrogen) atoms. The van der Waals surface area contributed by atoms with Crippen LogP contribution in [0.15, 0.2) is 30.3 Å². The number of imidazole rings is 1. The third kappa shape index (κ3) is 5.27. The molecule has 1 unspecified atom stereocenters. The first-order valence-electron chi connectivity index (χ1n) is 11.1. The predicted octanol–water partition coefficient (Wildman–Crippen LogP) is 2.00. The van der Waals surface area contributed by atoms with E-state index in [-0.39, 0.29) is 23.9 Å². The number of nitrogens with zero attached hydrogens (tertiary/aromatic N) is 3. The molecule has 0 fully saturated rings. The first-order valence-corrected chi connectivity index (χ1v) is 12.8. The van der Waals surface area contributed by atoms with Gasteiger partial charge >= 0.3 is 0 Å². The number of carbonyl (C=O) groups excluding carboxylic acids is 2. The summed E-state index contributed by atoms with van der Waals surface area (Å²) in [5.74, 6) is -0.213. The number of aromatic nitrogens is 2. The fraction of sp³-hybridized carbons (Fsp3) is 0.522. The summed E-state index contributed by atoms with van der Waals surface area (Å²) in [6.45, 7) is 8.17. The predicted molar refractivity (Wildman–Crippen MR) is 127 cm³/mol. The van der Waals surface area contributed by atoms with E-state index in [9.17, 15) is 18.0 Å². The van der Waals surface area contributed by atoms with Gasteiger partial charge < -0.3 is 15.2 Å². The molecule has 10 heteroatoms. The number of nitrogens with one attached hydrogen (secondary N) is 2. The van der Waals surface area contributed by atoms with Crippen LogP contribution >= 0.6 is 0 Å². The van der Waals surface area contributed by atoms with E-state index in [2.05, 4.69) is 15.6 Å². The fourth-order valence-corrected chi connectivity index (χ4v) is 5.06. The van der Waals surface area contributed by atoms with E-state index in [1.165, 1.54) is 11.4 Å². The zero-order valence-electron chi connectivity index (χ0n) is 19.9. The van der Waals surface area contributed by atoms with Gasteiger partial charge in [0.25, 0.3) is 5.91 Å². The van der Waals surface area contributed by atoms with Gasteiger partial charge in [0.1, 0.15) is 11.9 Å². The highest BCUT2D eigenvalue weighted by molar-refractivity contribution is 7.89. The average Bonchev–Trinajstić information content (AvgIpc) is 2.98. The summed E-state index contributed by atoms with van der Waals surface area (Å²) in [4.78, 5) is 30.6. The van der Waals surface area contributed by atoms with Crippen molar-refractivity contribution in [2.24, 2.45) is 5.41 Å². The van der Waals surface area contributed by atoms with Crippen LogP contribution in [0.3, 0.4) is 0 Å². The van der Waals surface area contributed by atoms with Crippen molar-refractivity contribution in [1.82, 2.24) is 24.5 Å². The zero-order chi connectivity index (χ0) is 24.4. The second-order valence-corrected chi connectivity index (χ2v) is 11.5. The second-order valence-electron chi connectivity index (χ2n) is 9.22. The molecule has 2 N–H and O–H groups in total. The van der Waals surface area contributed by atoms with Crippen LogP contribution < -0.4 is 10.6 Å². The largest absolute Gasteiger partial charge is 0.357 e. The monoisotopic (exact) mass is 475 g/mol. The van der Waals surface area contributed by atoms with Crippen molar-refractivity contribution in [2.75, 3.05) is 19.3 Å². The van der Waals surface area contributed by atoms with Crippen LogP contribution in [0.5, 0.6) is 0 Å². The number of amides is 2. The quantitative estimate of drug-likeness (QED) is 0.663. The Morgan fingerprint density at radius 3 is 2.39 bits per heavy atom. The molecule has 1 atom stereocenters. The average molecular weight is 476 g/mol. The number of hydrogen-bond acceptors (Lipinski definition) is 5. The normalized spacial score (nSPS) is 15.9. The van der Waals surface area contributed by atoms with Crippen LogP contribution in [-0.4, -0.2) is 59.5 Å². The third-order valence-corrected chi connectivity index (χ3v) is 7.67. The van der Waals surface area contributed by atoms with Crippen molar-refractivity contribution >= 4 is 21.8 Å². The molecular formula is C23H33N5O4S. The van der Waals surface area contributed by atoms with E-state index in [1.807, 2.05) is 55.7 Å². The number of likely N-dealkylation sites (N-methyl/N-ethyl adjacent to an activating group) is 1. The van der Waals surface area contributed by atoms with Gasteiger partial charge in [0.2, 0.25) is 15.9 Å². The lowest BCUT2D eigenvalue weighted by Gasteiger charge is -2.29. The standard InChI is InChI=1S/C23H33N5O4S/c1-6-33(31,32)27-13-10-14-28-17(15-27)18(25-20(28)16-11-8-7-9-12-16)21(29)26-19(22(30)24-5)23(2,3)4/h7-9,11-12,19H,6,10,13-15H2,1-5H3,(H,24,30)(H,26,29). The van der Waals surface area contributed by atoms with Crippen LogP contribution in [0.1, 0.15) is 50.3 Å². The lowest BCUT2D eigenvalue weighted by Crippen LogP contribution is -2.53. The summed E-state index contributed by atoms with van der Waals surface area (Å²) < 4.78 is 28.7. The smallest absolute Gasteiger partial charge is 0.272 e. The molecule has 0 radical (unpaired) electrons. The Kier molecular flexibility index (Phi) is 7.28. The van der Waals surface area contributed by atoms with Gasteiger partial charge in [-0.05, 0) is 18.8 Å². The van der Waals surface area contributed by atoms with Gasteiger partial charge in [0, 0.05) is 25.7 Å². The minimum atomic E-state index is -3.45. The number of rotatable bonds is 6. The van der Waals surface area contributed by atoms with Crippen molar-refractivity contribution in [2.45, 2.75) is 53.2 Å². The topological polar surface area (TPSA) is 113 Å². The molecule has 2 amide bonds. The Hall–Kier alpha value is -2.72. The number of fused-ring (bicyclic) bond motifs is 1. The zero-order valence-corrected chi connectivity index (χ0v) is 20.7. The highest BCUT2D eigenvalue weighted by Crippen LogP contribution is 2.28. The minimum absolute atomic E-state index is 0.0169. The van der Waals surface area contributed by atoms with Gasteiger partial charge in [0.05, 0.1) is 18.0 Å². The van der Waals surface area contributed by atoms with E-state index in [1.54, 1.807) is 6.92 Å². The number of carbonyl (C=O) groups is 2. The fourth-order valence-electron chi connectivity index (χ4n) is 3.97. The Morgan fingerprint density at radius 1 is 1.15 bits per heavy atom. The van der Waals surface area contributed by atoms with Crippen LogP contribution in [0.25, 0.3) is 11.4 Å². The van der Waals surface area contributed by atoms with Gasteiger partial charge in [-0.1, -0.05) is 51.1 Å². The van der Waals surface area contributed by atoms with Crippen molar-refractivity contribution < 1.29 is 18.0 Å². The van der Waals surface area contributed by atoms with E-state index >= 15 is 0 Å². The maximum absolute atomic E-state index is 13.4. The van der Waals surface area contributed by atoms with Crippen LogP contribution in [0.2, 0.25) is 0 Å². The molecule has 1 aromatic heterocycles. The number of sulfonamides is 1. The number of benzene rings is 1. The van der Waals surface area contributed by atoms with Gasteiger partial charge in [-0.25, -0.2) is 13.4 Å². The minimum Gasteiger partial charge on any atom is -0.357 e. The molecule has 1 aromatic carbocycles. The van der Waals surface area contributed by atoms with Crippen molar-refractivity contribution in [3.63, 3.8) is 0 Å². The molecule has 180 valence electrons. The Labute approximate surface area is 195 Å². The van der Waals surface area contributed by atoms with Gasteiger partial charge in [-0.2, -0.15) is 4.31 Å². The van der Waals surface area contributed by atoms with Crippen LogP contribution in [-0.2, 0) is 27.9 Å². The summed E-state index contributed by atoms with van der Waals surface area (Å²) >= 11 is 0. The molecular weight excluding hydrogens is 442 g/mol. The summed E-state index contributed by atoms with van der Waals surface area (Å²) in [5.41, 5.74) is 0.977. The van der Waals surface area contributed by atoms with E-state index < -0.39 is 27.4 Å². The Balaban J connectivity index is 2.10. The summed E-state index contributed by atoms with van der Waals surface area (Å²) in [7, 11) is -1.93. The van der Waals surface area contributed by atoms with E-state index in [0.29, 0.717) is 31.0 Å². The maximum Gasteiger partial charge on any atom is 0.272 e. The molecule has 1 aliphatic heterocycles. The lowest BCUT2D eigenvalue weighted by atomic mass is 9.86. The van der Waals surface area contributed by atoms with Crippen LogP contribution in [0.4, 0.5) is 0 Å². The number of hydrogen-bond donors (Lipinski definition) is 2. The lowest BCUT2D eigenvalue weighted by molar-refractivity contribution is -0.124. The Morgan fingerprint density at radius 2 is 1.82 bits per heavy atom. The molecule has 3 rings (SSSR count). The van der Waals surface area contributed by atoms with E-state index in [4.69, 9.17) is 0 Å². The maximum atomic E-state index is 13.4. The SMILES string of the molecule is CCS(=O)(=O)N1CCCn2c(-c3ccccc3)nc(C(=O)NC(C(=O)NC)C(C)(C)C)c2C1. The first-order chi connectivity index (χ1) is 15.5. The molecule has 0 saturated heterocycles. The molecule has 0 saturated carbocycles. The van der Waals surface area contributed by atoms with Gasteiger partial charge in [-0.15, -0.1) is 0 Å². The molecule has 0 bridgehead atoms. The summed E-state index contributed by atoms with van der Waals surface area (Å²) in [5, 5.41) is 5.43. The molecule has 0 aliphatic carbocycles. The van der Waals surface area contributed by atoms with E-state index in [0.717, 1.165) is 5.56 Å². The first kappa shape index (κ1) is 24.9. The highest BCUT2D eigenvalue weighted by Gasteiger charge is 2.35. The second kappa shape index (κ2) is 9.64. The van der Waals surface area contributed by atoms with Crippen molar-refractivity contribution in [3.8, 4) is 11.4 Å². The summed E-state index contributed by atoms with van der Waals surface area (Å²) in [6.07, 6.45) is 0.604. The molecule has 2 aromatic rings. The molecule has 0 spiro atoms. The van der Waals surface area contributed by atoms with Crippen molar-refractivity contribution in [3.05, 3.63) is 41.7 Å².